The molecule has 0 aliphatic rings. The fourth-order valence-electron chi connectivity index (χ4n) is 1.88. The second-order valence-corrected chi connectivity index (χ2v) is 4.45. The highest BCUT2D eigenvalue weighted by atomic mass is 19.1. The van der Waals surface area contributed by atoms with Gasteiger partial charge in [-0.15, -0.1) is 0 Å². The molecule has 0 amide bonds. The molecule has 0 aliphatic carbocycles. The summed E-state index contributed by atoms with van der Waals surface area (Å²) in [4.78, 5) is 4.13. The van der Waals surface area contributed by atoms with E-state index in [0.29, 0.717) is 23.1 Å². The van der Waals surface area contributed by atoms with Gasteiger partial charge in [-0.3, -0.25) is 0 Å². The lowest BCUT2D eigenvalue weighted by Gasteiger charge is -2.05. The molecule has 0 unspecified atom stereocenters. The van der Waals surface area contributed by atoms with Crippen LogP contribution in [0.1, 0.15) is 5.89 Å². The van der Waals surface area contributed by atoms with Crippen molar-refractivity contribution in [3.05, 3.63) is 66.4 Å². The number of ether oxygens (including phenoxy) is 1. The Balaban J connectivity index is 1.71. The Morgan fingerprint density at radius 1 is 1.10 bits per heavy atom. The van der Waals surface area contributed by atoms with Crippen molar-refractivity contribution in [2.24, 2.45) is 0 Å². The van der Waals surface area contributed by atoms with E-state index in [2.05, 4.69) is 4.98 Å². The lowest BCUT2D eigenvalue weighted by molar-refractivity contribution is 0.266. The van der Waals surface area contributed by atoms with Crippen molar-refractivity contribution in [2.75, 3.05) is 5.73 Å². The highest BCUT2D eigenvalue weighted by Crippen LogP contribution is 2.23. The standard InChI is InChI=1S/C16H13FN2O2/c17-12-7-5-11(6-8-12)15-9-19-16(21-15)10-20-14-4-2-1-3-13(14)18/h1-9H,10,18H2. The number of nitrogens with two attached hydrogens (primary N) is 1. The zero-order chi connectivity index (χ0) is 14.7. The molecule has 1 heterocycles. The van der Waals surface area contributed by atoms with E-state index in [1.54, 1.807) is 30.5 Å². The summed E-state index contributed by atoms with van der Waals surface area (Å²) in [7, 11) is 0. The molecule has 0 fully saturated rings. The van der Waals surface area contributed by atoms with Crippen LogP contribution in [-0.2, 0) is 6.61 Å². The smallest absolute Gasteiger partial charge is 0.232 e. The first-order valence-corrected chi connectivity index (χ1v) is 6.40. The fraction of sp³-hybridized carbons (Fsp3) is 0.0625. The van der Waals surface area contributed by atoms with Crippen LogP contribution in [0.25, 0.3) is 11.3 Å². The number of aromatic nitrogens is 1. The van der Waals surface area contributed by atoms with Crippen LogP contribution < -0.4 is 10.5 Å². The van der Waals surface area contributed by atoms with Crippen LogP contribution in [0.3, 0.4) is 0 Å². The maximum Gasteiger partial charge on any atom is 0.232 e. The maximum absolute atomic E-state index is 12.9. The van der Waals surface area contributed by atoms with Crippen LogP contribution in [0.5, 0.6) is 5.75 Å². The van der Waals surface area contributed by atoms with Gasteiger partial charge in [0, 0.05) is 5.56 Å². The van der Waals surface area contributed by atoms with Gasteiger partial charge in [0.1, 0.15) is 11.6 Å². The van der Waals surface area contributed by atoms with Gasteiger partial charge >= 0.3 is 0 Å². The van der Waals surface area contributed by atoms with Crippen LogP contribution in [0.4, 0.5) is 10.1 Å². The predicted molar refractivity (Wildman–Crippen MR) is 77.1 cm³/mol. The van der Waals surface area contributed by atoms with Crippen molar-refractivity contribution >= 4 is 5.69 Å². The van der Waals surface area contributed by atoms with Crippen LogP contribution in [-0.4, -0.2) is 4.98 Å². The number of nitrogens with zero attached hydrogens (tertiary/aromatic N) is 1. The topological polar surface area (TPSA) is 61.3 Å². The summed E-state index contributed by atoms with van der Waals surface area (Å²) in [6.45, 7) is 0.176. The van der Waals surface area contributed by atoms with Gasteiger partial charge < -0.3 is 14.9 Å². The SMILES string of the molecule is Nc1ccccc1OCc1ncc(-c2ccc(F)cc2)o1. The Bertz CT molecular complexity index is 738. The third-order valence-corrected chi connectivity index (χ3v) is 2.95. The largest absolute Gasteiger partial charge is 0.482 e. The summed E-state index contributed by atoms with van der Waals surface area (Å²) in [5.74, 6) is 1.28. The molecule has 0 bridgehead atoms. The summed E-state index contributed by atoms with van der Waals surface area (Å²) in [5.41, 5.74) is 7.10. The van der Waals surface area contributed by atoms with Crippen molar-refractivity contribution < 1.29 is 13.5 Å². The number of hydrogen-bond donors (Lipinski definition) is 1. The van der Waals surface area contributed by atoms with Crippen LogP contribution in [0, 0.1) is 5.82 Å². The number of oxazole rings is 1. The molecule has 106 valence electrons. The normalized spacial score (nSPS) is 10.5. The third-order valence-electron chi connectivity index (χ3n) is 2.95. The molecular weight excluding hydrogens is 271 g/mol. The number of hydrogen-bond acceptors (Lipinski definition) is 4. The summed E-state index contributed by atoms with van der Waals surface area (Å²) < 4.78 is 24.0. The first-order chi connectivity index (χ1) is 10.2. The molecular formula is C16H13FN2O2. The van der Waals surface area contributed by atoms with Gasteiger partial charge in [0.05, 0.1) is 11.9 Å². The Hall–Kier alpha value is -2.82. The summed E-state index contributed by atoms with van der Waals surface area (Å²) in [5, 5.41) is 0. The molecule has 3 rings (SSSR count). The fourth-order valence-corrected chi connectivity index (χ4v) is 1.88. The second kappa shape index (κ2) is 5.66. The molecule has 4 nitrogen and oxygen atoms in total. The Labute approximate surface area is 121 Å². The molecule has 21 heavy (non-hydrogen) atoms. The minimum absolute atomic E-state index is 0.176. The molecule has 0 atom stereocenters. The predicted octanol–water partition coefficient (Wildman–Crippen LogP) is 3.64. The summed E-state index contributed by atoms with van der Waals surface area (Å²) >= 11 is 0. The molecule has 1 aromatic heterocycles. The quantitative estimate of drug-likeness (QED) is 0.743. The second-order valence-electron chi connectivity index (χ2n) is 4.45. The van der Waals surface area contributed by atoms with Crippen molar-refractivity contribution in [3.63, 3.8) is 0 Å². The highest BCUT2D eigenvalue weighted by Gasteiger charge is 2.08. The minimum atomic E-state index is -0.290. The van der Waals surface area contributed by atoms with Crippen LogP contribution in [0.15, 0.2) is 59.1 Å². The Morgan fingerprint density at radius 2 is 1.86 bits per heavy atom. The average Bonchev–Trinajstić information content (AvgIpc) is 2.96. The van der Waals surface area contributed by atoms with E-state index >= 15 is 0 Å². The van der Waals surface area contributed by atoms with Gasteiger partial charge in [0.25, 0.3) is 0 Å². The number of halogens is 1. The molecule has 3 aromatic rings. The zero-order valence-corrected chi connectivity index (χ0v) is 11.1. The Kier molecular flexibility index (Phi) is 3.55. The van der Waals surface area contributed by atoms with Gasteiger partial charge in [-0.05, 0) is 36.4 Å². The van der Waals surface area contributed by atoms with Gasteiger partial charge in [0.2, 0.25) is 5.89 Å². The number of anilines is 1. The molecule has 0 aliphatic heterocycles. The molecule has 5 heteroatoms. The molecule has 0 saturated heterocycles. The maximum atomic E-state index is 12.9. The first-order valence-electron chi connectivity index (χ1n) is 6.40. The van der Waals surface area contributed by atoms with E-state index in [1.807, 2.05) is 12.1 Å². The monoisotopic (exact) mass is 284 g/mol. The molecule has 0 radical (unpaired) electrons. The molecule has 0 spiro atoms. The number of benzene rings is 2. The first kappa shape index (κ1) is 13.2. The van der Waals surface area contributed by atoms with Crippen molar-refractivity contribution in [1.29, 1.82) is 0 Å². The minimum Gasteiger partial charge on any atom is -0.482 e. The van der Waals surface area contributed by atoms with E-state index in [4.69, 9.17) is 14.9 Å². The van der Waals surface area contributed by atoms with Crippen molar-refractivity contribution in [2.45, 2.75) is 6.61 Å². The summed E-state index contributed by atoms with van der Waals surface area (Å²) in [6, 6.07) is 13.2. The summed E-state index contributed by atoms with van der Waals surface area (Å²) in [6.07, 6.45) is 1.58. The zero-order valence-electron chi connectivity index (χ0n) is 11.1. The van der Waals surface area contributed by atoms with Crippen LogP contribution >= 0.6 is 0 Å². The van der Waals surface area contributed by atoms with Gasteiger partial charge in [-0.25, -0.2) is 9.37 Å². The van der Waals surface area contributed by atoms with Crippen LogP contribution in [0.2, 0.25) is 0 Å². The molecule has 2 aromatic carbocycles. The van der Waals surface area contributed by atoms with Gasteiger partial charge in [-0.1, -0.05) is 12.1 Å². The van der Waals surface area contributed by atoms with Crippen molar-refractivity contribution in [1.82, 2.24) is 4.98 Å². The third kappa shape index (κ3) is 3.02. The number of nitrogen functional groups attached to an aromatic ring is 1. The van der Waals surface area contributed by atoms with E-state index in [-0.39, 0.29) is 12.4 Å². The number of rotatable bonds is 4. The van der Waals surface area contributed by atoms with Gasteiger partial charge in [0.15, 0.2) is 12.4 Å². The average molecular weight is 284 g/mol. The number of para-hydroxylation sites is 2. The molecule has 2 N–H and O–H groups in total. The van der Waals surface area contributed by atoms with Gasteiger partial charge in [-0.2, -0.15) is 0 Å². The lowest BCUT2D eigenvalue weighted by Crippen LogP contribution is -1.98. The van der Waals surface area contributed by atoms with Crippen molar-refractivity contribution in [3.8, 4) is 17.1 Å². The van der Waals surface area contributed by atoms with E-state index in [9.17, 15) is 4.39 Å². The highest BCUT2D eigenvalue weighted by molar-refractivity contribution is 5.56. The van der Waals surface area contributed by atoms with E-state index < -0.39 is 0 Å². The van der Waals surface area contributed by atoms with E-state index in [1.165, 1.54) is 12.1 Å². The molecule has 0 saturated carbocycles. The van der Waals surface area contributed by atoms with E-state index in [0.717, 1.165) is 5.56 Å². The lowest BCUT2D eigenvalue weighted by atomic mass is 10.2. The Morgan fingerprint density at radius 3 is 2.62 bits per heavy atom.